The van der Waals surface area contributed by atoms with Crippen molar-refractivity contribution >= 4 is 22.8 Å². The Bertz CT molecular complexity index is 1060. The molecule has 0 fully saturated rings. The van der Waals surface area contributed by atoms with E-state index in [2.05, 4.69) is 48.4 Å². The van der Waals surface area contributed by atoms with Crippen molar-refractivity contribution in [2.24, 2.45) is 0 Å². The third-order valence-corrected chi connectivity index (χ3v) is 6.05. The van der Waals surface area contributed by atoms with Crippen LogP contribution in [0.25, 0.3) is 16.8 Å². The molecule has 1 aromatic heterocycles. The molecule has 1 amide bonds. The van der Waals surface area contributed by atoms with E-state index in [1.54, 1.807) is 19.4 Å². The summed E-state index contributed by atoms with van der Waals surface area (Å²) in [7, 11) is 1.71. The van der Waals surface area contributed by atoms with Gasteiger partial charge in [-0.2, -0.15) is 0 Å². The average Bonchev–Trinajstić information content (AvgIpc) is 2.83. The normalized spacial score (nSPS) is 12.2. The number of hydrogen-bond acceptors (Lipinski definition) is 3. The highest BCUT2D eigenvalue weighted by Crippen LogP contribution is 2.31. The highest BCUT2D eigenvalue weighted by molar-refractivity contribution is 5.96. The second-order valence-corrected chi connectivity index (χ2v) is 8.64. The molecule has 0 aliphatic heterocycles. The Morgan fingerprint density at radius 2 is 1.94 bits per heavy atom. The first-order chi connectivity index (χ1) is 16.1. The van der Waals surface area contributed by atoms with E-state index in [0.717, 1.165) is 48.8 Å². The van der Waals surface area contributed by atoms with Crippen LogP contribution in [-0.4, -0.2) is 24.0 Å². The number of aromatic nitrogens is 1. The maximum atomic E-state index is 12.6. The summed E-state index contributed by atoms with van der Waals surface area (Å²) < 4.78 is 5.56. The van der Waals surface area contributed by atoms with Gasteiger partial charge in [0, 0.05) is 29.9 Å². The number of amides is 1. The van der Waals surface area contributed by atoms with Crippen LogP contribution < -0.4 is 10.1 Å². The zero-order chi connectivity index (χ0) is 23.5. The fraction of sp³-hybridized carbons (Fsp3) is 0.379. The van der Waals surface area contributed by atoms with E-state index in [0.29, 0.717) is 0 Å². The number of benzene rings is 2. The van der Waals surface area contributed by atoms with Gasteiger partial charge in [-0.05, 0) is 79.3 Å². The molecular formula is C29H36N2O2. The van der Waals surface area contributed by atoms with Gasteiger partial charge in [0.05, 0.1) is 7.11 Å². The smallest absolute Gasteiger partial charge is 0.244 e. The van der Waals surface area contributed by atoms with Gasteiger partial charge in [0.2, 0.25) is 5.91 Å². The molecule has 4 nitrogen and oxygen atoms in total. The zero-order valence-electron chi connectivity index (χ0n) is 20.1. The van der Waals surface area contributed by atoms with Crippen molar-refractivity contribution in [3.63, 3.8) is 0 Å². The van der Waals surface area contributed by atoms with Gasteiger partial charge in [-0.25, -0.2) is 0 Å². The predicted molar refractivity (Wildman–Crippen MR) is 138 cm³/mol. The standard InChI is InChI=1S/C29H36N2O2/c1-4-5-6-13-25-24(16-18-27-26(25)14-8-15-28(27)33-3)17-19-29(32)31-22(2)10-7-11-23-12-9-20-30-21-23/h8-9,12,14-22H,4-7,10-11,13H2,1-3H3,(H,31,32)/t22-/m1/s1. The van der Waals surface area contributed by atoms with Crippen LogP contribution in [0.4, 0.5) is 0 Å². The number of carbonyl (C=O) groups is 1. The number of carbonyl (C=O) groups excluding carboxylic acids is 1. The number of rotatable bonds is 12. The van der Waals surface area contributed by atoms with Crippen LogP contribution in [0.3, 0.4) is 0 Å². The number of pyridine rings is 1. The van der Waals surface area contributed by atoms with Gasteiger partial charge >= 0.3 is 0 Å². The van der Waals surface area contributed by atoms with Crippen LogP contribution >= 0.6 is 0 Å². The highest BCUT2D eigenvalue weighted by atomic mass is 16.5. The molecule has 0 bridgehead atoms. The van der Waals surface area contributed by atoms with E-state index in [-0.39, 0.29) is 11.9 Å². The van der Waals surface area contributed by atoms with Crippen LogP contribution in [0.2, 0.25) is 0 Å². The minimum absolute atomic E-state index is 0.0471. The molecule has 3 rings (SSSR count). The minimum atomic E-state index is -0.0471. The van der Waals surface area contributed by atoms with Gasteiger partial charge in [-0.3, -0.25) is 9.78 Å². The summed E-state index contributed by atoms with van der Waals surface area (Å²) in [6, 6.07) is 14.6. The van der Waals surface area contributed by atoms with E-state index in [4.69, 9.17) is 4.74 Å². The third-order valence-electron chi connectivity index (χ3n) is 6.05. The maximum Gasteiger partial charge on any atom is 0.244 e. The van der Waals surface area contributed by atoms with Gasteiger partial charge < -0.3 is 10.1 Å². The molecule has 0 aliphatic carbocycles. The summed E-state index contributed by atoms with van der Waals surface area (Å²) in [5.74, 6) is 0.840. The molecule has 3 aromatic rings. The number of unbranched alkanes of at least 4 members (excludes halogenated alkanes) is 2. The van der Waals surface area contributed by atoms with Crippen molar-refractivity contribution in [1.29, 1.82) is 0 Å². The summed E-state index contributed by atoms with van der Waals surface area (Å²) in [4.78, 5) is 16.7. The second-order valence-electron chi connectivity index (χ2n) is 8.64. The van der Waals surface area contributed by atoms with Crippen LogP contribution in [-0.2, 0) is 17.6 Å². The second kappa shape index (κ2) is 12.8. The molecule has 0 unspecified atom stereocenters. The molecule has 174 valence electrons. The minimum Gasteiger partial charge on any atom is -0.496 e. The molecule has 0 saturated heterocycles. The van der Waals surface area contributed by atoms with E-state index in [1.165, 1.54) is 29.4 Å². The summed E-state index contributed by atoms with van der Waals surface area (Å²) in [6.45, 7) is 4.28. The first-order valence-corrected chi connectivity index (χ1v) is 12.1. The van der Waals surface area contributed by atoms with Gasteiger partial charge in [0.25, 0.3) is 0 Å². The molecule has 0 radical (unpaired) electrons. The summed E-state index contributed by atoms with van der Waals surface area (Å²) >= 11 is 0. The van der Waals surface area contributed by atoms with Gasteiger partial charge in [0.1, 0.15) is 5.75 Å². The Kier molecular flexibility index (Phi) is 9.49. The average molecular weight is 445 g/mol. The Labute approximate surface area is 198 Å². The SMILES string of the molecule is CCCCCc1c(C=CC(=O)N[C@H](C)CCCc2cccnc2)ccc2c(OC)cccc12. The molecule has 2 aromatic carbocycles. The van der Waals surface area contributed by atoms with E-state index in [9.17, 15) is 4.79 Å². The van der Waals surface area contributed by atoms with E-state index < -0.39 is 0 Å². The van der Waals surface area contributed by atoms with Crippen LogP contribution in [0, 0.1) is 0 Å². The number of methoxy groups -OCH3 is 1. The molecule has 33 heavy (non-hydrogen) atoms. The Morgan fingerprint density at radius 3 is 2.70 bits per heavy atom. The number of hydrogen-bond donors (Lipinski definition) is 1. The van der Waals surface area contributed by atoms with Crippen molar-refractivity contribution in [2.75, 3.05) is 7.11 Å². The fourth-order valence-corrected chi connectivity index (χ4v) is 4.26. The topological polar surface area (TPSA) is 51.2 Å². The molecule has 1 heterocycles. The number of fused-ring (bicyclic) bond motifs is 1. The molecule has 1 atom stereocenters. The summed E-state index contributed by atoms with van der Waals surface area (Å²) in [5, 5.41) is 5.43. The largest absolute Gasteiger partial charge is 0.496 e. The van der Waals surface area contributed by atoms with Gasteiger partial charge in [0.15, 0.2) is 0 Å². The van der Waals surface area contributed by atoms with Crippen molar-refractivity contribution in [1.82, 2.24) is 10.3 Å². The first-order valence-electron chi connectivity index (χ1n) is 12.1. The van der Waals surface area contributed by atoms with Gasteiger partial charge in [-0.15, -0.1) is 0 Å². The van der Waals surface area contributed by atoms with E-state index in [1.807, 2.05) is 30.5 Å². The molecule has 1 N–H and O–H groups in total. The molecule has 4 heteroatoms. The highest BCUT2D eigenvalue weighted by Gasteiger charge is 2.10. The van der Waals surface area contributed by atoms with Crippen molar-refractivity contribution < 1.29 is 9.53 Å². The number of aryl methyl sites for hydroxylation is 2. The Morgan fingerprint density at radius 1 is 1.06 bits per heavy atom. The number of nitrogens with one attached hydrogen (secondary N) is 1. The van der Waals surface area contributed by atoms with Crippen molar-refractivity contribution in [2.45, 2.75) is 64.8 Å². The van der Waals surface area contributed by atoms with Crippen LogP contribution in [0.5, 0.6) is 5.75 Å². The maximum absolute atomic E-state index is 12.6. The van der Waals surface area contributed by atoms with Crippen LogP contribution in [0.1, 0.15) is 62.6 Å². The molecule has 0 spiro atoms. The predicted octanol–water partition coefficient (Wildman–Crippen LogP) is 6.52. The lowest BCUT2D eigenvalue weighted by Crippen LogP contribution is -2.31. The first kappa shape index (κ1) is 24.5. The van der Waals surface area contributed by atoms with E-state index >= 15 is 0 Å². The third kappa shape index (κ3) is 7.18. The molecule has 0 saturated carbocycles. The lowest BCUT2D eigenvalue weighted by molar-refractivity contribution is -0.117. The Hall–Kier alpha value is -3.14. The van der Waals surface area contributed by atoms with Crippen molar-refractivity contribution in [3.05, 3.63) is 77.6 Å². The lowest BCUT2D eigenvalue weighted by Gasteiger charge is -2.14. The van der Waals surface area contributed by atoms with Gasteiger partial charge in [-0.1, -0.05) is 50.1 Å². The monoisotopic (exact) mass is 444 g/mol. The number of nitrogens with zero attached hydrogens (tertiary/aromatic N) is 1. The van der Waals surface area contributed by atoms with Crippen molar-refractivity contribution in [3.8, 4) is 5.75 Å². The van der Waals surface area contributed by atoms with Crippen LogP contribution in [0.15, 0.2) is 60.9 Å². The lowest BCUT2D eigenvalue weighted by atomic mass is 9.94. The zero-order valence-corrected chi connectivity index (χ0v) is 20.1. The summed E-state index contributed by atoms with van der Waals surface area (Å²) in [6.07, 6.45) is 14.8. The number of ether oxygens (including phenoxy) is 1. The molecule has 0 aliphatic rings. The summed E-state index contributed by atoms with van der Waals surface area (Å²) in [5.41, 5.74) is 3.62. The molecular weight excluding hydrogens is 408 g/mol. The fourth-order valence-electron chi connectivity index (χ4n) is 4.26. The Balaban J connectivity index is 1.65. The quantitative estimate of drug-likeness (QED) is 0.256.